The second kappa shape index (κ2) is 7.89. The Morgan fingerprint density at radius 1 is 1.08 bits per heavy atom. The fraction of sp³-hybridized carbons (Fsp3) is 0.278. The molecule has 0 radical (unpaired) electrons. The van der Waals surface area contributed by atoms with Gasteiger partial charge in [-0.3, -0.25) is 9.10 Å². The SMILES string of the molecule is Cc1ccc(CN(C)C(=O)CN(c2ccccc2Cl)S(C)(=O)=O)cc1. The molecule has 0 unspecified atom stereocenters. The normalized spacial score (nSPS) is 11.2. The predicted molar refractivity (Wildman–Crippen MR) is 101 cm³/mol. The zero-order valence-electron chi connectivity index (χ0n) is 14.4. The third-order valence-electron chi connectivity index (χ3n) is 3.77. The van der Waals surface area contributed by atoms with Gasteiger partial charge in [-0.2, -0.15) is 0 Å². The van der Waals surface area contributed by atoms with Crippen LogP contribution in [0.2, 0.25) is 5.02 Å². The van der Waals surface area contributed by atoms with Gasteiger partial charge in [0, 0.05) is 13.6 Å². The second-order valence-electron chi connectivity index (χ2n) is 5.96. The summed E-state index contributed by atoms with van der Waals surface area (Å²) in [6.07, 6.45) is 1.06. The Morgan fingerprint density at radius 2 is 1.68 bits per heavy atom. The van der Waals surface area contributed by atoms with Crippen molar-refractivity contribution in [3.05, 3.63) is 64.7 Å². The predicted octanol–water partition coefficient (Wildman–Crippen LogP) is 3.07. The molecule has 2 aromatic carbocycles. The van der Waals surface area contributed by atoms with E-state index < -0.39 is 10.0 Å². The number of anilines is 1. The third kappa shape index (κ3) is 5.21. The van der Waals surface area contributed by atoms with Gasteiger partial charge in [0.2, 0.25) is 15.9 Å². The first-order valence-electron chi connectivity index (χ1n) is 7.70. The fourth-order valence-electron chi connectivity index (χ4n) is 2.33. The lowest BCUT2D eigenvalue weighted by Crippen LogP contribution is -2.41. The molecule has 0 N–H and O–H groups in total. The molecule has 134 valence electrons. The fourth-order valence-corrected chi connectivity index (χ4v) is 3.48. The van der Waals surface area contributed by atoms with Crippen molar-refractivity contribution in [3.63, 3.8) is 0 Å². The van der Waals surface area contributed by atoms with Crippen molar-refractivity contribution in [1.82, 2.24) is 4.90 Å². The molecule has 0 atom stereocenters. The zero-order chi connectivity index (χ0) is 18.6. The molecular formula is C18H21ClN2O3S. The Kier molecular flexibility index (Phi) is 6.08. The number of likely N-dealkylation sites (N-methyl/N-ethyl adjacent to an activating group) is 1. The number of amides is 1. The molecule has 1 amide bonds. The van der Waals surface area contributed by atoms with Crippen molar-refractivity contribution in [2.75, 3.05) is 24.2 Å². The Balaban J connectivity index is 2.17. The summed E-state index contributed by atoms with van der Waals surface area (Å²) in [7, 11) is -2.00. The highest BCUT2D eigenvalue weighted by atomic mass is 35.5. The lowest BCUT2D eigenvalue weighted by molar-refractivity contribution is -0.128. The molecule has 0 bridgehead atoms. The maximum atomic E-state index is 12.5. The molecule has 2 aromatic rings. The van der Waals surface area contributed by atoms with Crippen molar-refractivity contribution in [1.29, 1.82) is 0 Å². The summed E-state index contributed by atoms with van der Waals surface area (Å²) in [6, 6.07) is 14.4. The van der Waals surface area contributed by atoms with Crippen LogP contribution >= 0.6 is 11.6 Å². The molecule has 0 saturated carbocycles. The van der Waals surface area contributed by atoms with Crippen LogP contribution in [0.4, 0.5) is 5.69 Å². The average molecular weight is 381 g/mol. The summed E-state index contributed by atoms with van der Waals surface area (Å²) in [6.45, 7) is 2.09. The van der Waals surface area contributed by atoms with Crippen LogP contribution in [0.3, 0.4) is 0 Å². The van der Waals surface area contributed by atoms with Crippen LogP contribution in [0.1, 0.15) is 11.1 Å². The Hall–Kier alpha value is -2.05. The summed E-state index contributed by atoms with van der Waals surface area (Å²) in [5.41, 5.74) is 2.41. The van der Waals surface area contributed by atoms with Crippen molar-refractivity contribution >= 4 is 33.2 Å². The number of para-hydroxylation sites is 1. The first-order chi connectivity index (χ1) is 11.7. The van der Waals surface area contributed by atoms with Crippen molar-refractivity contribution < 1.29 is 13.2 Å². The number of rotatable bonds is 6. The minimum absolute atomic E-state index is 0.280. The van der Waals surface area contributed by atoms with Crippen LogP contribution in [0.5, 0.6) is 0 Å². The van der Waals surface area contributed by atoms with Crippen LogP contribution in [0, 0.1) is 6.92 Å². The van der Waals surface area contributed by atoms with Crippen molar-refractivity contribution in [2.24, 2.45) is 0 Å². The molecule has 0 saturated heterocycles. The topological polar surface area (TPSA) is 57.7 Å². The van der Waals surface area contributed by atoms with Gasteiger partial charge in [0.1, 0.15) is 6.54 Å². The second-order valence-corrected chi connectivity index (χ2v) is 8.27. The third-order valence-corrected chi connectivity index (χ3v) is 5.21. The molecule has 25 heavy (non-hydrogen) atoms. The monoisotopic (exact) mass is 380 g/mol. The first-order valence-corrected chi connectivity index (χ1v) is 9.93. The lowest BCUT2D eigenvalue weighted by Gasteiger charge is -2.26. The number of nitrogens with zero attached hydrogens (tertiary/aromatic N) is 2. The number of aryl methyl sites for hydroxylation is 1. The van der Waals surface area contributed by atoms with Gasteiger partial charge in [-0.15, -0.1) is 0 Å². The lowest BCUT2D eigenvalue weighted by atomic mass is 10.1. The van der Waals surface area contributed by atoms with E-state index in [4.69, 9.17) is 11.6 Å². The van der Waals surface area contributed by atoms with Crippen molar-refractivity contribution in [2.45, 2.75) is 13.5 Å². The Labute approximate surface area is 153 Å². The van der Waals surface area contributed by atoms with Gasteiger partial charge in [0.25, 0.3) is 0 Å². The summed E-state index contributed by atoms with van der Waals surface area (Å²) in [5.74, 6) is -0.314. The molecule has 0 aliphatic rings. The van der Waals surface area contributed by atoms with E-state index in [2.05, 4.69) is 0 Å². The zero-order valence-corrected chi connectivity index (χ0v) is 16.0. The molecule has 0 fully saturated rings. The molecule has 7 heteroatoms. The van der Waals surface area contributed by atoms with E-state index in [9.17, 15) is 13.2 Å². The first kappa shape index (κ1) is 19.3. The average Bonchev–Trinajstić information content (AvgIpc) is 2.54. The minimum atomic E-state index is -3.65. The van der Waals surface area contributed by atoms with Crippen LogP contribution < -0.4 is 4.31 Å². The molecule has 0 aliphatic heterocycles. The van der Waals surface area contributed by atoms with Crippen LogP contribution in [0.25, 0.3) is 0 Å². The van der Waals surface area contributed by atoms with Gasteiger partial charge < -0.3 is 4.90 Å². The maximum Gasteiger partial charge on any atom is 0.243 e. The number of benzene rings is 2. The van der Waals surface area contributed by atoms with E-state index in [0.717, 1.165) is 21.7 Å². The molecule has 5 nitrogen and oxygen atoms in total. The number of hydrogen-bond donors (Lipinski definition) is 0. The highest BCUT2D eigenvalue weighted by Gasteiger charge is 2.24. The van der Waals surface area contributed by atoms with Crippen molar-refractivity contribution in [3.8, 4) is 0 Å². The molecular weight excluding hydrogens is 360 g/mol. The quantitative estimate of drug-likeness (QED) is 0.773. The molecule has 0 aliphatic carbocycles. The van der Waals surface area contributed by atoms with Crippen LogP contribution in [-0.2, 0) is 21.4 Å². The molecule has 0 aromatic heterocycles. The van der Waals surface area contributed by atoms with Gasteiger partial charge in [0.15, 0.2) is 0 Å². The van der Waals surface area contributed by atoms with E-state index in [0.29, 0.717) is 12.2 Å². The Morgan fingerprint density at radius 3 is 2.24 bits per heavy atom. The molecule has 0 heterocycles. The number of carbonyl (C=O) groups excluding carboxylic acids is 1. The summed E-state index contributed by atoms with van der Waals surface area (Å²) in [4.78, 5) is 14.0. The van der Waals surface area contributed by atoms with E-state index in [1.807, 2.05) is 31.2 Å². The summed E-state index contributed by atoms with van der Waals surface area (Å²) in [5, 5.41) is 0.280. The molecule has 2 rings (SSSR count). The van der Waals surface area contributed by atoms with Crippen LogP contribution in [-0.4, -0.2) is 39.1 Å². The number of carbonyl (C=O) groups is 1. The Bertz CT molecular complexity index is 851. The smallest absolute Gasteiger partial charge is 0.243 e. The summed E-state index contributed by atoms with van der Waals surface area (Å²) < 4.78 is 25.3. The van der Waals surface area contributed by atoms with Gasteiger partial charge >= 0.3 is 0 Å². The van der Waals surface area contributed by atoms with Crippen LogP contribution in [0.15, 0.2) is 48.5 Å². The van der Waals surface area contributed by atoms with E-state index >= 15 is 0 Å². The van der Waals surface area contributed by atoms with Gasteiger partial charge in [-0.1, -0.05) is 53.6 Å². The largest absolute Gasteiger partial charge is 0.340 e. The van der Waals surface area contributed by atoms with E-state index in [1.54, 1.807) is 31.3 Å². The summed E-state index contributed by atoms with van der Waals surface area (Å²) >= 11 is 6.10. The number of sulfonamides is 1. The maximum absolute atomic E-state index is 12.5. The number of halogens is 1. The van der Waals surface area contributed by atoms with E-state index in [1.165, 1.54) is 4.90 Å². The highest BCUT2D eigenvalue weighted by molar-refractivity contribution is 7.92. The van der Waals surface area contributed by atoms with Gasteiger partial charge in [-0.25, -0.2) is 8.42 Å². The van der Waals surface area contributed by atoms with Gasteiger partial charge in [-0.05, 0) is 24.6 Å². The van der Waals surface area contributed by atoms with E-state index in [-0.39, 0.29) is 17.5 Å². The standard InChI is InChI=1S/C18H21ClN2O3S/c1-14-8-10-15(11-9-14)12-20(2)18(22)13-21(25(3,23)24)17-7-5-4-6-16(17)19/h4-11H,12-13H2,1-3H3. The minimum Gasteiger partial charge on any atom is -0.340 e. The highest BCUT2D eigenvalue weighted by Crippen LogP contribution is 2.27. The number of hydrogen-bond acceptors (Lipinski definition) is 3. The molecule has 0 spiro atoms. The van der Waals surface area contributed by atoms with Gasteiger partial charge in [0.05, 0.1) is 17.0 Å².